The van der Waals surface area contributed by atoms with Crippen LogP contribution in [0.5, 0.6) is 0 Å². The maximum atomic E-state index is 5.62. The highest BCUT2D eigenvalue weighted by Gasteiger charge is 2.26. The first-order valence-corrected chi connectivity index (χ1v) is 5.27. The number of rotatable bonds is 4. The normalized spacial score (nSPS) is 16.7. The van der Waals surface area contributed by atoms with Crippen LogP contribution in [0.3, 0.4) is 0 Å². The predicted molar refractivity (Wildman–Crippen MR) is 57.2 cm³/mol. The van der Waals surface area contributed by atoms with E-state index in [2.05, 4.69) is 14.5 Å². The van der Waals surface area contributed by atoms with Crippen molar-refractivity contribution in [2.24, 2.45) is 12.8 Å². The summed E-state index contributed by atoms with van der Waals surface area (Å²) >= 11 is 0. The van der Waals surface area contributed by atoms with Gasteiger partial charge in [0.25, 0.3) is 0 Å². The van der Waals surface area contributed by atoms with Crippen LogP contribution in [0.1, 0.15) is 19.3 Å². The second kappa shape index (κ2) is 4.00. The van der Waals surface area contributed by atoms with Gasteiger partial charge in [-0.2, -0.15) is 0 Å². The lowest BCUT2D eigenvalue weighted by molar-refractivity contribution is 0.381. The lowest BCUT2D eigenvalue weighted by atomic mass is 9.92. The first-order chi connectivity index (χ1) is 6.83. The Labute approximate surface area is 84.7 Å². The summed E-state index contributed by atoms with van der Waals surface area (Å²) in [7, 11) is 2.03. The maximum absolute atomic E-state index is 5.62. The summed E-state index contributed by atoms with van der Waals surface area (Å²) in [4.78, 5) is 6.71. The Bertz CT molecular complexity index is 290. The molecular formula is C10H18N4. The number of nitrogens with two attached hydrogens (primary N) is 1. The molecule has 1 aromatic rings. The van der Waals surface area contributed by atoms with Gasteiger partial charge in [0.05, 0.1) is 0 Å². The lowest BCUT2D eigenvalue weighted by Crippen LogP contribution is -2.44. The third-order valence-electron chi connectivity index (χ3n) is 2.94. The molecule has 1 aliphatic carbocycles. The molecule has 1 heterocycles. The van der Waals surface area contributed by atoms with Gasteiger partial charge >= 0.3 is 0 Å². The summed E-state index contributed by atoms with van der Waals surface area (Å²) in [6.07, 6.45) is 7.74. The Kier molecular flexibility index (Phi) is 2.72. The van der Waals surface area contributed by atoms with Crippen molar-refractivity contribution in [2.45, 2.75) is 25.3 Å². The van der Waals surface area contributed by atoms with Crippen molar-refractivity contribution in [3.8, 4) is 0 Å². The number of aryl methyl sites for hydroxylation is 1. The van der Waals surface area contributed by atoms with Crippen LogP contribution in [0.2, 0.25) is 0 Å². The van der Waals surface area contributed by atoms with Crippen LogP contribution < -0.4 is 10.6 Å². The zero-order valence-electron chi connectivity index (χ0n) is 8.69. The Morgan fingerprint density at radius 2 is 2.43 bits per heavy atom. The summed E-state index contributed by atoms with van der Waals surface area (Å²) in [5, 5.41) is 0. The third-order valence-corrected chi connectivity index (χ3v) is 2.94. The molecule has 1 fully saturated rings. The predicted octanol–water partition coefficient (Wildman–Crippen LogP) is 0.738. The fraction of sp³-hybridized carbons (Fsp3) is 0.700. The fourth-order valence-electron chi connectivity index (χ4n) is 1.92. The van der Waals surface area contributed by atoms with Crippen LogP contribution in [0, 0.1) is 0 Å². The Hall–Kier alpha value is -1.03. The molecule has 0 aliphatic heterocycles. The van der Waals surface area contributed by atoms with Crippen LogP contribution >= 0.6 is 0 Å². The SMILES string of the molecule is Cn1ccnc1N(CCN)C1CCC1. The van der Waals surface area contributed by atoms with E-state index in [1.807, 2.05) is 19.4 Å². The first kappa shape index (κ1) is 9.52. The molecule has 0 atom stereocenters. The van der Waals surface area contributed by atoms with Crippen molar-refractivity contribution < 1.29 is 0 Å². The van der Waals surface area contributed by atoms with E-state index in [1.165, 1.54) is 19.3 Å². The van der Waals surface area contributed by atoms with Gasteiger partial charge in [0, 0.05) is 38.6 Å². The smallest absolute Gasteiger partial charge is 0.205 e. The molecule has 4 heteroatoms. The minimum absolute atomic E-state index is 0.666. The molecule has 4 nitrogen and oxygen atoms in total. The average molecular weight is 194 g/mol. The van der Waals surface area contributed by atoms with E-state index in [0.717, 1.165) is 12.5 Å². The quantitative estimate of drug-likeness (QED) is 0.769. The van der Waals surface area contributed by atoms with E-state index < -0.39 is 0 Å². The summed E-state index contributed by atoms with van der Waals surface area (Å²) in [5.41, 5.74) is 5.62. The molecule has 1 aromatic heterocycles. The molecule has 1 saturated carbocycles. The Morgan fingerprint density at radius 3 is 2.86 bits per heavy atom. The number of aromatic nitrogens is 2. The van der Waals surface area contributed by atoms with E-state index in [4.69, 9.17) is 5.73 Å². The molecule has 0 unspecified atom stereocenters. The van der Waals surface area contributed by atoms with Crippen molar-refractivity contribution in [1.82, 2.24) is 9.55 Å². The molecule has 0 aromatic carbocycles. The van der Waals surface area contributed by atoms with Gasteiger partial charge in [-0.15, -0.1) is 0 Å². The average Bonchev–Trinajstić information content (AvgIpc) is 2.47. The third kappa shape index (κ3) is 1.62. The molecular weight excluding hydrogens is 176 g/mol. The van der Waals surface area contributed by atoms with Crippen molar-refractivity contribution in [3.63, 3.8) is 0 Å². The molecule has 2 rings (SSSR count). The standard InChI is InChI=1S/C10H18N4/c1-13-8-6-12-10(13)14(7-5-11)9-3-2-4-9/h6,8-9H,2-5,7,11H2,1H3. The summed E-state index contributed by atoms with van der Waals surface area (Å²) < 4.78 is 2.06. The van der Waals surface area contributed by atoms with E-state index >= 15 is 0 Å². The number of hydrogen-bond acceptors (Lipinski definition) is 3. The van der Waals surface area contributed by atoms with Crippen LogP contribution in [0.25, 0.3) is 0 Å². The number of hydrogen-bond donors (Lipinski definition) is 1. The summed E-state index contributed by atoms with van der Waals surface area (Å²) in [5.74, 6) is 1.06. The van der Waals surface area contributed by atoms with E-state index in [0.29, 0.717) is 12.6 Å². The molecule has 0 spiro atoms. The molecule has 2 N–H and O–H groups in total. The van der Waals surface area contributed by atoms with Crippen molar-refractivity contribution >= 4 is 5.95 Å². The van der Waals surface area contributed by atoms with Gasteiger partial charge in [-0.1, -0.05) is 0 Å². The van der Waals surface area contributed by atoms with E-state index in [-0.39, 0.29) is 0 Å². The maximum Gasteiger partial charge on any atom is 0.205 e. The highest BCUT2D eigenvalue weighted by atomic mass is 15.3. The molecule has 0 bridgehead atoms. The fourth-order valence-corrected chi connectivity index (χ4v) is 1.92. The number of imidazole rings is 1. The minimum Gasteiger partial charge on any atom is -0.338 e. The topological polar surface area (TPSA) is 47.1 Å². The monoisotopic (exact) mass is 194 g/mol. The minimum atomic E-state index is 0.666. The largest absolute Gasteiger partial charge is 0.338 e. The zero-order chi connectivity index (χ0) is 9.97. The number of nitrogens with zero attached hydrogens (tertiary/aromatic N) is 3. The molecule has 0 saturated heterocycles. The van der Waals surface area contributed by atoms with Gasteiger partial charge in [0.15, 0.2) is 0 Å². The molecule has 0 amide bonds. The van der Waals surface area contributed by atoms with Gasteiger partial charge in [0.2, 0.25) is 5.95 Å². The van der Waals surface area contributed by atoms with Gasteiger partial charge in [-0.05, 0) is 19.3 Å². The van der Waals surface area contributed by atoms with Crippen molar-refractivity contribution in [1.29, 1.82) is 0 Å². The zero-order valence-corrected chi connectivity index (χ0v) is 8.69. The van der Waals surface area contributed by atoms with Crippen LogP contribution in [-0.4, -0.2) is 28.7 Å². The Morgan fingerprint density at radius 1 is 1.64 bits per heavy atom. The van der Waals surface area contributed by atoms with Crippen LogP contribution in [-0.2, 0) is 7.05 Å². The molecule has 1 aliphatic rings. The first-order valence-electron chi connectivity index (χ1n) is 5.27. The molecule has 0 radical (unpaired) electrons. The van der Waals surface area contributed by atoms with Gasteiger partial charge in [-0.25, -0.2) is 4.98 Å². The van der Waals surface area contributed by atoms with Crippen molar-refractivity contribution in [3.05, 3.63) is 12.4 Å². The van der Waals surface area contributed by atoms with Crippen LogP contribution in [0.15, 0.2) is 12.4 Å². The Balaban J connectivity index is 2.13. The molecule has 14 heavy (non-hydrogen) atoms. The van der Waals surface area contributed by atoms with Crippen molar-refractivity contribution in [2.75, 3.05) is 18.0 Å². The second-order valence-electron chi connectivity index (χ2n) is 3.90. The van der Waals surface area contributed by atoms with Gasteiger partial charge in [-0.3, -0.25) is 0 Å². The molecule has 78 valence electrons. The lowest BCUT2D eigenvalue weighted by Gasteiger charge is -2.38. The number of anilines is 1. The van der Waals surface area contributed by atoms with Crippen LogP contribution in [0.4, 0.5) is 5.95 Å². The second-order valence-corrected chi connectivity index (χ2v) is 3.90. The van der Waals surface area contributed by atoms with Gasteiger partial charge in [0.1, 0.15) is 0 Å². The van der Waals surface area contributed by atoms with E-state index in [1.54, 1.807) is 0 Å². The van der Waals surface area contributed by atoms with E-state index in [9.17, 15) is 0 Å². The highest BCUT2D eigenvalue weighted by molar-refractivity contribution is 5.33. The summed E-state index contributed by atoms with van der Waals surface area (Å²) in [6.45, 7) is 1.61. The van der Waals surface area contributed by atoms with Gasteiger partial charge < -0.3 is 15.2 Å². The summed E-state index contributed by atoms with van der Waals surface area (Å²) in [6, 6.07) is 0.666. The highest BCUT2D eigenvalue weighted by Crippen LogP contribution is 2.27.